The van der Waals surface area contributed by atoms with Gasteiger partial charge in [0, 0.05) is 11.1 Å². The molecule has 0 N–H and O–H groups in total. The Kier molecular flexibility index (Phi) is 24.8. The lowest BCUT2D eigenvalue weighted by Crippen LogP contribution is -2.38. The Labute approximate surface area is 207 Å². The van der Waals surface area contributed by atoms with Crippen LogP contribution in [0, 0.1) is 0 Å². The van der Waals surface area contributed by atoms with E-state index in [-0.39, 0.29) is 28.2 Å². The number of rotatable bonds is 2. The lowest BCUT2D eigenvalue weighted by Gasteiger charge is -2.15. The van der Waals surface area contributed by atoms with E-state index in [0.29, 0.717) is 0 Å². The Bertz CT molecular complexity index is 558. The highest BCUT2D eigenvalue weighted by molar-refractivity contribution is 6.25. The third kappa shape index (κ3) is 22.4. The van der Waals surface area contributed by atoms with Gasteiger partial charge in [-0.15, -0.1) is 24.0 Å². The second-order valence-corrected chi connectivity index (χ2v) is 5.28. The van der Waals surface area contributed by atoms with Gasteiger partial charge >= 0.3 is 36.6 Å². The molecule has 0 unspecified atom stereocenters. The van der Waals surface area contributed by atoms with Crippen molar-refractivity contribution >= 4 is 47.2 Å². The SMILES string of the molecule is Cl.F.F/C(=C/Cl)C(F)(F)F.F/C(=C\Cl)C(F)(F)F.FC(F)(F)C(F)(F)CCl.FCC(F)(F)C(F)(F)F. The zero-order valence-corrected chi connectivity index (χ0v) is 18.8. The summed E-state index contributed by atoms with van der Waals surface area (Å²) >= 11 is 13.1. The number of allylic oxidation sites excluding steroid dienone is 2. The van der Waals surface area contributed by atoms with Gasteiger partial charge in [-0.25, -0.2) is 13.2 Å². The lowest BCUT2D eigenvalue weighted by molar-refractivity contribution is -0.286. The van der Waals surface area contributed by atoms with E-state index in [9.17, 15) is 83.4 Å². The summed E-state index contributed by atoms with van der Waals surface area (Å²) in [6, 6.07) is 0. The average Bonchev–Trinajstić information content (AvgIpc) is 2.64. The number of hydrogen-bond acceptors (Lipinski definition) is 0. The minimum Gasteiger partial charge on any atom is -0.269 e. The van der Waals surface area contributed by atoms with E-state index in [2.05, 4.69) is 34.8 Å². The predicted molar refractivity (Wildman–Crippen MR) is 90.6 cm³/mol. The molecule has 0 aliphatic carbocycles. The monoisotopic (exact) mass is 672 g/mol. The van der Waals surface area contributed by atoms with Crippen LogP contribution in [0.1, 0.15) is 0 Å². The Balaban J connectivity index is -0.0000000819. The fourth-order valence-electron chi connectivity index (χ4n) is 0.275. The summed E-state index contributed by atoms with van der Waals surface area (Å²) in [7, 11) is 0. The van der Waals surface area contributed by atoms with Crippen molar-refractivity contribution < 1.29 is 88.1 Å². The molecule has 0 saturated carbocycles. The summed E-state index contributed by atoms with van der Waals surface area (Å²) in [5.41, 5.74) is -0.306. The summed E-state index contributed by atoms with van der Waals surface area (Å²) in [6.45, 7) is -2.70. The molecule has 24 heteroatoms. The normalized spacial score (nSPS) is 13.4. The topological polar surface area (TPSA) is 0 Å². The highest BCUT2D eigenvalue weighted by Gasteiger charge is 2.58. The van der Waals surface area contributed by atoms with Gasteiger partial charge in [-0.2, -0.15) is 70.2 Å². The van der Waals surface area contributed by atoms with Gasteiger partial charge in [0.05, 0.1) is 5.88 Å². The van der Waals surface area contributed by atoms with Gasteiger partial charge < -0.3 is 0 Å². The second kappa shape index (κ2) is 18.5. The number of hydrogen-bond donors (Lipinski definition) is 0. The predicted octanol–water partition coefficient (Wildman–Crippen LogP) is 10.3. The van der Waals surface area contributed by atoms with Crippen LogP contribution in [0.5, 0.6) is 0 Å². The molecule has 0 amide bonds. The van der Waals surface area contributed by atoms with Gasteiger partial charge in [-0.05, 0) is 0 Å². The Morgan fingerprint density at radius 2 is 0.778 bits per heavy atom. The highest BCUT2D eigenvalue weighted by Crippen LogP contribution is 2.36. The zero-order chi connectivity index (χ0) is 29.0. The first-order valence-electron chi connectivity index (χ1n) is 6.66. The molecular weight excluding hydrogens is 666 g/mol. The summed E-state index contributed by atoms with van der Waals surface area (Å²) in [6.07, 6.45) is -21.1. The molecule has 0 aromatic heterocycles. The van der Waals surface area contributed by atoms with Crippen molar-refractivity contribution in [2.75, 3.05) is 12.6 Å². The van der Waals surface area contributed by atoms with Crippen molar-refractivity contribution in [1.29, 1.82) is 0 Å². The molecule has 0 spiro atoms. The van der Waals surface area contributed by atoms with E-state index in [1.807, 2.05) is 0 Å². The van der Waals surface area contributed by atoms with Crippen molar-refractivity contribution in [3.63, 3.8) is 0 Å². The van der Waals surface area contributed by atoms with Crippen LogP contribution in [0.2, 0.25) is 0 Å². The van der Waals surface area contributed by atoms with Crippen molar-refractivity contribution in [2.45, 2.75) is 36.6 Å². The minimum atomic E-state index is -5.76. The standard InChI is InChI=1S/C3H2ClF5.2C3HClF4.C3H2F6.ClH.FH/c4-1-2(5,6)3(7,8)9;2*4-1-2(5)3(6,7)8;4-1-2(5,6)3(7,8)9;;/h1H2;2*1H;1H2;2*1H/b;2-1+;2-1-;;;. The molecule has 0 aromatic carbocycles. The van der Waals surface area contributed by atoms with Gasteiger partial charge in [0.1, 0.15) is 0 Å². The Hall–Kier alpha value is -0.760. The van der Waals surface area contributed by atoms with E-state index in [4.69, 9.17) is 0 Å². The second-order valence-electron chi connectivity index (χ2n) is 4.58. The summed E-state index contributed by atoms with van der Waals surface area (Å²) in [5, 5.41) is 0. The average molecular weight is 674 g/mol. The first kappa shape index (κ1) is 48.3. The van der Waals surface area contributed by atoms with Gasteiger partial charge in [-0.3, -0.25) is 4.70 Å². The van der Waals surface area contributed by atoms with Crippen LogP contribution in [0.3, 0.4) is 0 Å². The van der Waals surface area contributed by atoms with E-state index in [1.54, 1.807) is 0 Å². The van der Waals surface area contributed by atoms with E-state index >= 15 is 0 Å². The lowest BCUT2D eigenvalue weighted by atomic mass is 10.4. The van der Waals surface area contributed by atoms with Crippen LogP contribution in [-0.2, 0) is 0 Å². The Morgan fingerprint density at radius 1 is 0.556 bits per heavy atom. The molecular formula is C12H8Cl4F20. The molecule has 0 saturated heterocycles. The zero-order valence-electron chi connectivity index (χ0n) is 15.7. The fraction of sp³-hybridized carbons (Fsp3) is 0.667. The highest BCUT2D eigenvalue weighted by atomic mass is 35.5. The molecule has 0 bridgehead atoms. The van der Waals surface area contributed by atoms with Crippen LogP contribution in [-0.4, -0.2) is 49.1 Å². The van der Waals surface area contributed by atoms with Crippen LogP contribution in [0.25, 0.3) is 0 Å². The van der Waals surface area contributed by atoms with Crippen molar-refractivity contribution in [3.8, 4) is 0 Å². The van der Waals surface area contributed by atoms with Crippen LogP contribution in [0.4, 0.5) is 88.1 Å². The quantitative estimate of drug-likeness (QED) is 0.202. The van der Waals surface area contributed by atoms with Crippen LogP contribution in [0.15, 0.2) is 22.7 Å². The summed E-state index contributed by atoms with van der Waals surface area (Å²) < 4.78 is 209. The van der Waals surface area contributed by atoms with Gasteiger partial charge in [0.15, 0.2) is 6.67 Å². The molecule has 0 aliphatic heterocycles. The largest absolute Gasteiger partial charge is 0.456 e. The van der Waals surface area contributed by atoms with E-state index in [0.717, 1.165) is 0 Å². The maximum Gasteiger partial charge on any atom is 0.456 e. The maximum atomic E-state index is 11.4. The smallest absolute Gasteiger partial charge is 0.269 e. The summed E-state index contributed by atoms with van der Waals surface area (Å²) in [5.74, 6) is -16.2. The van der Waals surface area contributed by atoms with Crippen LogP contribution >= 0.6 is 47.2 Å². The van der Waals surface area contributed by atoms with Crippen LogP contribution < -0.4 is 0 Å². The fourth-order valence-corrected chi connectivity index (χ4v) is 0.674. The first-order valence-corrected chi connectivity index (χ1v) is 8.06. The molecule has 0 fully saturated rings. The molecule has 224 valence electrons. The van der Waals surface area contributed by atoms with Crippen molar-refractivity contribution in [3.05, 3.63) is 22.7 Å². The number of alkyl halides is 18. The molecule has 0 radical (unpaired) electrons. The minimum absolute atomic E-state index is 0. The molecule has 0 atom stereocenters. The van der Waals surface area contributed by atoms with Gasteiger partial charge in [-0.1, -0.05) is 23.2 Å². The maximum absolute atomic E-state index is 11.4. The first-order chi connectivity index (χ1) is 14.6. The molecule has 0 nitrogen and oxygen atoms in total. The third-order valence-electron chi connectivity index (χ3n) is 1.90. The molecule has 0 aromatic rings. The van der Waals surface area contributed by atoms with Gasteiger partial charge in [0.25, 0.3) is 0 Å². The van der Waals surface area contributed by atoms with Crippen molar-refractivity contribution in [1.82, 2.24) is 0 Å². The number of halogens is 24. The van der Waals surface area contributed by atoms with E-state index in [1.165, 1.54) is 0 Å². The third-order valence-corrected chi connectivity index (χ3v) is 2.62. The molecule has 0 aliphatic rings. The van der Waals surface area contributed by atoms with Gasteiger partial charge in [0.2, 0.25) is 11.7 Å². The van der Waals surface area contributed by atoms with E-state index < -0.39 is 60.8 Å². The summed E-state index contributed by atoms with van der Waals surface area (Å²) in [4.78, 5) is 0. The molecule has 36 heavy (non-hydrogen) atoms. The Morgan fingerprint density at radius 3 is 0.778 bits per heavy atom. The molecule has 0 rings (SSSR count). The molecule has 0 heterocycles. The van der Waals surface area contributed by atoms with Crippen molar-refractivity contribution in [2.24, 2.45) is 0 Å².